The van der Waals surface area contributed by atoms with Crippen molar-refractivity contribution in [3.8, 4) is 5.75 Å². The summed E-state index contributed by atoms with van der Waals surface area (Å²) < 4.78 is 27.5. The maximum Gasteiger partial charge on any atom is 0.305 e. The third kappa shape index (κ3) is 23.9. The number of hydrogen-bond donors (Lipinski definition) is 0. The zero-order valence-electron chi connectivity index (χ0n) is 25.2. The fourth-order valence-corrected chi connectivity index (χ4v) is 4.31. The second-order valence-corrected chi connectivity index (χ2v) is 10.3. The third-order valence-electron chi connectivity index (χ3n) is 6.71. The minimum absolute atomic E-state index is 0.125. The van der Waals surface area contributed by atoms with Crippen LogP contribution in [-0.2, 0) is 30.2 Å². The van der Waals surface area contributed by atoms with Gasteiger partial charge in [-0.1, -0.05) is 103 Å². The van der Waals surface area contributed by atoms with E-state index in [1.807, 2.05) is 0 Å². The maximum absolute atomic E-state index is 11.7. The molecule has 0 saturated heterocycles. The van der Waals surface area contributed by atoms with Crippen molar-refractivity contribution in [2.75, 3.05) is 52.9 Å². The Morgan fingerprint density at radius 3 is 1.56 bits per heavy atom. The highest BCUT2D eigenvalue weighted by Crippen LogP contribution is 2.15. The summed E-state index contributed by atoms with van der Waals surface area (Å²) in [7, 11) is 0. The van der Waals surface area contributed by atoms with E-state index in [-0.39, 0.29) is 5.97 Å². The van der Waals surface area contributed by atoms with E-state index < -0.39 is 0 Å². The largest absolute Gasteiger partial charge is 0.491 e. The van der Waals surface area contributed by atoms with Gasteiger partial charge in [-0.05, 0) is 37.0 Å². The first-order valence-corrected chi connectivity index (χ1v) is 15.9. The monoisotopic (exact) mass is 550 g/mol. The van der Waals surface area contributed by atoms with Crippen LogP contribution >= 0.6 is 0 Å². The van der Waals surface area contributed by atoms with Crippen LogP contribution in [0, 0.1) is 0 Å². The van der Waals surface area contributed by atoms with E-state index in [0.29, 0.717) is 59.3 Å². The molecular formula is C33H58O6. The van der Waals surface area contributed by atoms with Crippen molar-refractivity contribution in [3.05, 3.63) is 29.8 Å². The Hall–Kier alpha value is -1.63. The molecular weight excluding hydrogens is 492 g/mol. The molecule has 0 bridgehead atoms. The molecule has 0 aliphatic carbocycles. The van der Waals surface area contributed by atoms with E-state index in [9.17, 15) is 4.79 Å². The van der Waals surface area contributed by atoms with E-state index in [1.54, 1.807) is 0 Å². The van der Waals surface area contributed by atoms with Crippen molar-refractivity contribution in [1.82, 2.24) is 0 Å². The van der Waals surface area contributed by atoms with Crippen molar-refractivity contribution < 1.29 is 28.5 Å². The molecule has 0 aliphatic heterocycles. The van der Waals surface area contributed by atoms with Crippen LogP contribution in [0.25, 0.3) is 0 Å². The van der Waals surface area contributed by atoms with E-state index in [2.05, 4.69) is 38.1 Å². The van der Waals surface area contributed by atoms with Crippen LogP contribution in [0.5, 0.6) is 5.75 Å². The standard InChI is InChI=1S/C33H58O6/c1-3-5-7-9-11-13-15-17-31-19-21-32(22-20-31)38-29-27-36-25-23-35-24-26-37-28-30-39-33(34)18-16-14-12-10-8-6-4-2/h19-22H,3-18,23-30H2,1-2H3. The van der Waals surface area contributed by atoms with Crippen molar-refractivity contribution in [1.29, 1.82) is 0 Å². The predicted molar refractivity (Wildman–Crippen MR) is 160 cm³/mol. The Kier molecular flexibility index (Phi) is 25.3. The highest BCUT2D eigenvalue weighted by atomic mass is 16.6. The molecule has 0 heterocycles. The Bertz CT molecular complexity index is 648. The number of carbonyl (C=O) groups excluding carboxylic acids is 1. The molecule has 0 saturated carbocycles. The molecule has 226 valence electrons. The van der Waals surface area contributed by atoms with Gasteiger partial charge in [-0.25, -0.2) is 0 Å². The van der Waals surface area contributed by atoms with Gasteiger partial charge in [-0.15, -0.1) is 0 Å². The summed E-state index contributed by atoms with van der Waals surface area (Å²) >= 11 is 0. The van der Waals surface area contributed by atoms with Gasteiger partial charge in [0.05, 0.1) is 39.6 Å². The van der Waals surface area contributed by atoms with Crippen LogP contribution in [0.1, 0.15) is 116 Å². The van der Waals surface area contributed by atoms with Gasteiger partial charge < -0.3 is 23.7 Å². The number of unbranched alkanes of at least 4 members (excludes halogenated alkanes) is 12. The van der Waals surface area contributed by atoms with Gasteiger partial charge in [-0.3, -0.25) is 4.79 Å². The van der Waals surface area contributed by atoms with Gasteiger partial charge in [0.2, 0.25) is 0 Å². The van der Waals surface area contributed by atoms with Crippen LogP contribution in [-0.4, -0.2) is 58.8 Å². The topological polar surface area (TPSA) is 63.2 Å². The van der Waals surface area contributed by atoms with Crippen LogP contribution in [0.4, 0.5) is 0 Å². The molecule has 0 radical (unpaired) electrons. The molecule has 0 atom stereocenters. The van der Waals surface area contributed by atoms with E-state index in [4.69, 9.17) is 23.7 Å². The fourth-order valence-electron chi connectivity index (χ4n) is 4.31. The minimum atomic E-state index is -0.125. The molecule has 39 heavy (non-hydrogen) atoms. The number of hydrogen-bond acceptors (Lipinski definition) is 6. The summed E-state index contributed by atoms with van der Waals surface area (Å²) in [5.41, 5.74) is 1.38. The predicted octanol–water partition coefficient (Wildman–Crippen LogP) is 8.09. The van der Waals surface area contributed by atoms with Gasteiger partial charge in [0, 0.05) is 6.42 Å². The number of esters is 1. The highest BCUT2D eigenvalue weighted by Gasteiger charge is 2.03. The lowest BCUT2D eigenvalue weighted by atomic mass is 10.0. The van der Waals surface area contributed by atoms with Gasteiger partial charge in [0.15, 0.2) is 0 Å². The Balaban J connectivity index is 1.82. The lowest BCUT2D eigenvalue weighted by Gasteiger charge is -2.09. The summed E-state index contributed by atoms with van der Waals surface area (Å²) in [6.07, 6.45) is 19.4. The summed E-state index contributed by atoms with van der Waals surface area (Å²) in [6, 6.07) is 8.45. The maximum atomic E-state index is 11.7. The zero-order chi connectivity index (χ0) is 28.1. The summed E-state index contributed by atoms with van der Waals surface area (Å²) in [4.78, 5) is 11.7. The third-order valence-corrected chi connectivity index (χ3v) is 6.71. The lowest BCUT2D eigenvalue weighted by molar-refractivity contribution is -0.145. The van der Waals surface area contributed by atoms with Crippen LogP contribution < -0.4 is 4.74 Å². The number of rotatable bonds is 29. The average Bonchev–Trinajstić information content (AvgIpc) is 2.95. The molecule has 1 rings (SSSR count). The van der Waals surface area contributed by atoms with E-state index in [1.165, 1.54) is 82.6 Å². The number of ether oxygens (including phenoxy) is 5. The molecule has 6 heteroatoms. The van der Waals surface area contributed by atoms with Crippen molar-refractivity contribution in [2.24, 2.45) is 0 Å². The van der Waals surface area contributed by atoms with Crippen LogP contribution in [0.3, 0.4) is 0 Å². The van der Waals surface area contributed by atoms with Crippen molar-refractivity contribution >= 4 is 5.97 Å². The van der Waals surface area contributed by atoms with Crippen LogP contribution in [0.15, 0.2) is 24.3 Å². The molecule has 0 amide bonds. The van der Waals surface area contributed by atoms with E-state index >= 15 is 0 Å². The SMILES string of the molecule is CCCCCCCCCC(=O)OCCOCCOCCOCCOc1ccc(CCCCCCCCC)cc1. The molecule has 1 aromatic rings. The number of carbonyl (C=O) groups is 1. The smallest absolute Gasteiger partial charge is 0.305 e. The second kappa shape index (κ2) is 27.9. The molecule has 0 aromatic heterocycles. The Morgan fingerprint density at radius 2 is 1.00 bits per heavy atom. The summed E-state index contributed by atoms with van der Waals surface area (Å²) in [5, 5.41) is 0. The first-order valence-electron chi connectivity index (χ1n) is 15.9. The van der Waals surface area contributed by atoms with E-state index in [0.717, 1.165) is 25.0 Å². The summed E-state index contributed by atoms with van der Waals surface area (Å²) in [5.74, 6) is 0.763. The second-order valence-electron chi connectivity index (χ2n) is 10.3. The molecule has 1 aromatic carbocycles. The first-order chi connectivity index (χ1) is 19.3. The Morgan fingerprint density at radius 1 is 0.538 bits per heavy atom. The molecule has 0 fully saturated rings. The average molecular weight is 551 g/mol. The number of aryl methyl sites for hydroxylation is 1. The zero-order valence-corrected chi connectivity index (χ0v) is 25.2. The van der Waals surface area contributed by atoms with Crippen molar-refractivity contribution in [2.45, 2.75) is 117 Å². The van der Waals surface area contributed by atoms with Gasteiger partial charge in [0.25, 0.3) is 0 Å². The fraction of sp³-hybridized carbons (Fsp3) is 0.788. The van der Waals surface area contributed by atoms with Crippen molar-refractivity contribution in [3.63, 3.8) is 0 Å². The quantitative estimate of drug-likeness (QED) is 0.0742. The first kappa shape index (κ1) is 35.4. The lowest BCUT2D eigenvalue weighted by Crippen LogP contribution is -2.14. The molecule has 0 aliphatic rings. The molecule has 0 N–H and O–H groups in total. The molecule has 0 spiro atoms. The summed E-state index contributed by atoms with van der Waals surface area (Å²) in [6.45, 7) is 8.27. The molecule has 0 unspecified atom stereocenters. The van der Waals surface area contributed by atoms with Gasteiger partial charge >= 0.3 is 5.97 Å². The minimum Gasteiger partial charge on any atom is -0.491 e. The molecule has 6 nitrogen and oxygen atoms in total. The van der Waals surface area contributed by atoms with Crippen LogP contribution in [0.2, 0.25) is 0 Å². The van der Waals surface area contributed by atoms with Gasteiger partial charge in [-0.2, -0.15) is 0 Å². The van der Waals surface area contributed by atoms with Gasteiger partial charge in [0.1, 0.15) is 19.0 Å². The Labute approximate surface area is 239 Å². The normalized spacial score (nSPS) is 11.1. The highest BCUT2D eigenvalue weighted by molar-refractivity contribution is 5.69. The number of benzene rings is 1.